The number of carbonyl (C=O) groups is 2. The van der Waals surface area contributed by atoms with Gasteiger partial charge in [0.05, 0.1) is 19.1 Å². The van der Waals surface area contributed by atoms with Gasteiger partial charge in [0.2, 0.25) is 0 Å². The van der Waals surface area contributed by atoms with Crippen LogP contribution in [0.2, 0.25) is 0 Å². The van der Waals surface area contributed by atoms with Crippen molar-refractivity contribution in [2.75, 3.05) is 26.3 Å². The fourth-order valence-electron chi connectivity index (χ4n) is 8.44. The van der Waals surface area contributed by atoms with Gasteiger partial charge in [-0.15, -0.1) is 0 Å². The number of benzene rings is 1. The van der Waals surface area contributed by atoms with Crippen molar-refractivity contribution in [2.45, 2.75) is 253 Å². The Bertz CT molecular complexity index is 1000. The van der Waals surface area contributed by atoms with Gasteiger partial charge in [-0.2, -0.15) is 0 Å². The maximum absolute atomic E-state index is 13.0. The van der Waals surface area contributed by atoms with Gasteiger partial charge in [-0.05, 0) is 69.5 Å². The second kappa shape index (κ2) is 41.8. The van der Waals surface area contributed by atoms with Crippen LogP contribution in [0.15, 0.2) is 30.3 Å². The molecule has 0 amide bonds. The number of esters is 2. The Morgan fingerprint density at radius 2 is 0.879 bits per heavy atom. The number of carbonyl (C=O) groups excluding carboxylic acids is 2. The third kappa shape index (κ3) is 33.9. The predicted molar refractivity (Wildman–Crippen MR) is 250 cm³/mol. The van der Waals surface area contributed by atoms with E-state index in [1.165, 1.54) is 160 Å². The molecule has 58 heavy (non-hydrogen) atoms. The van der Waals surface area contributed by atoms with Crippen molar-refractivity contribution in [2.24, 2.45) is 11.8 Å². The molecule has 0 aliphatic carbocycles. The van der Waals surface area contributed by atoms with Gasteiger partial charge in [-0.1, -0.05) is 225 Å². The molecule has 1 atom stereocenters. The van der Waals surface area contributed by atoms with E-state index in [0.29, 0.717) is 25.6 Å². The van der Waals surface area contributed by atoms with Crippen LogP contribution in [0.1, 0.15) is 252 Å². The van der Waals surface area contributed by atoms with E-state index in [1.54, 1.807) is 0 Å². The molecular formula is C53H97NO4. The Morgan fingerprint density at radius 3 is 1.40 bits per heavy atom. The minimum atomic E-state index is 0.0165. The smallest absolute Gasteiger partial charge is 0.308 e. The average Bonchev–Trinajstić information content (AvgIpc) is 3.23. The van der Waals surface area contributed by atoms with E-state index in [2.05, 4.69) is 62.9 Å². The summed E-state index contributed by atoms with van der Waals surface area (Å²) in [4.78, 5) is 28.2. The Balaban J connectivity index is 2.28. The molecule has 0 heterocycles. The molecule has 1 aromatic rings. The summed E-state index contributed by atoms with van der Waals surface area (Å²) in [6.45, 7) is 13.5. The largest absolute Gasteiger partial charge is 0.466 e. The molecule has 0 spiro atoms. The monoisotopic (exact) mass is 812 g/mol. The standard InChI is InChI=1S/C53H97NO4/c1-5-9-13-17-20-31-41-51(40-30-16-12-8-4)53(56)58-47-35-24-19-22-33-45-54(48-50-38-28-25-29-39-50)44-32-21-18-23-34-46-57-52(55)43-42-49(36-26-14-10-6-2)37-27-15-11-7-3/h25,28-29,38-39,49,51H,5-24,26-27,30-37,40-48H2,1-4H3. The molecular weight excluding hydrogens is 715 g/mol. The number of rotatable bonds is 44. The van der Waals surface area contributed by atoms with Gasteiger partial charge < -0.3 is 9.47 Å². The van der Waals surface area contributed by atoms with Crippen molar-refractivity contribution in [3.05, 3.63) is 35.9 Å². The molecule has 0 saturated carbocycles. The van der Waals surface area contributed by atoms with Crippen molar-refractivity contribution >= 4 is 11.9 Å². The summed E-state index contributed by atoms with van der Waals surface area (Å²) in [5, 5.41) is 0. The lowest BCUT2D eigenvalue weighted by atomic mass is 9.90. The summed E-state index contributed by atoms with van der Waals surface area (Å²) < 4.78 is 11.5. The third-order valence-corrected chi connectivity index (χ3v) is 12.3. The zero-order chi connectivity index (χ0) is 42.0. The van der Waals surface area contributed by atoms with Gasteiger partial charge in [-0.3, -0.25) is 14.5 Å². The fourth-order valence-corrected chi connectivity index (χ4v) is 8.44. The Hall–Kier alpha value is -1.88. The van der Waals surface area contributed by atoms with Gasteiger partial charge in [0.1, 0.15) is 0 Å². The SMILES string of the molecule is CCCCCCCCC(CCCCCC)C(=O)OCCCCCCCN(CCCCCCCOC(=O)CCC(CCCCCC)CCCCCC)Cc1ccccc1. The first-order valence-corrected chi connectivity index (χ1v) is 25.6. The number of ether oxygens (including phenoxy) is 2. The molecule has 1 aromatic carbocycles. The van der Waals surface area contributed by atoms with Gasteiger partial charge >= 0.3 is 11.9 Å². The number of hydrogen-bond acceptors (Lipinski definition) is 5. The zero-order valence-electron chi connectivity index (χ0n) is 39.2. The van der Waals surface area contributed by atoms with Crippen LogP contribution in [0.5, 0.6) is 0 Å². The van der Waals surface area contributed by atoms with E-state index >= 15 is 0 Å². The molecule has 5 heteroatoms. The molecule has 0 aliphatic heterocycles. The highest BCUT2D eigenvalue weighted by atomic mass is 16.5. The van der Waals surface area contributed by atoms with Crippen molar-refractivity contribution in [1.29, 1.82) is 0 Å². The van der Waals surface area contributed by atoms with Gasteiger partial charge in [-0.25, -0.2) is 0 Å². The van der Waals surface area contributed by atoms with E-state index in [0.717, 1.165) is 77.4 Å². The lowest BCUT2D eigenvalue weighted by Crippen LogP contribution is -2.25. The molecule has 0 radical (unpaired) electrons. The average molecular weight is 812 g/mol. The maximum atomic E-state index is 13.0. The summed E-state index contributed by atoms with van der Waals surface area (Å²) in [6, 6.07) is 10.9. The van der Waals surface area contributed by atoms with Crippen LogP contribution in [-0.4, -0.2) is 43.1 Å². The van der Waals surface area contributed by atoms with E-state index in [9.17, 15) is 9.59 Å². The highest BCUT2D eigenvalue weighted by Gasteiger charge is 2.19. The Labute approximate surface area is 361 Å². The van der Waals surface area contributed by atoms with Crippen molar-refractivity contribution in [3.63, 3.8) is 0 Å². The molecule has 0 fully saturated rings. The van der Waals surface area contributed by atoms with Crippen molar-refractivity contribution in [3.8, 4) is 0 Å². The highest BCUT2D eigenvalue weighted by Crippen LogP contribution is 2.24. The fraction of sp³-hybridized carbons (Fsp3) is 0.849. The van der Waals surface area contributed by atoms with Crippen LogP contribution < -0.4 is 0 Å². The number of nitrogens with zero attached hydrogens (tertiary/aromatic N) is 1. The molecule has 0 saturated heterocycles. The Morgan fingerprint density at radius 1 is 0.466 bits per heavy atom. The first kappa shape index (κ1) is 54.1. The van der Waals surface area contributed by atoms with E-state index in [4.69, 9.17) is 9.47 Å². The normalized spacial score (nSPS) is 12.1. The quantitative estimate of drug-likeness (QED) is 0.0485. The topological polar surface area (TPSA) is 55.8 Å². The van der Waals surface area contributed by atoms with Gasteiger partial charge in [0.15, 0.2) is 0 Å². The molecule has 1 unspecified atom stereocenters. The van der Waals surface area contributed by atoms with Crippen LogP contribution in [0.25, 0.3) is 0 Å². The molecule has 338 valence electrons. The zero-order valence-corrected chi connectivity index (χ0v) is 39.2. The van der Waals surface area contributed by atoms with Crippen molar-refractivity contribution < 1.29 is 19.1 Å². The minimum Gasteiger partial charge on any atom is -0.466 e. The molecule has 0 aliphatic rings. The van der Waals surface area contributed by atoms with Crippen LogP contribution in [-0.2, 0) is 25.6 Å². The number of unbranched alkanes of at least 4 members (excludes halogenated alkanes) is 22. The van der Waals surface area contributed by atoms with E-state index in [-0.39, 0.29) is 17.9 Å². The lowest BCUT2D eigenvalue weighted by molar-refractivity contribution is -0.149. The van der Waals surface area contributed by atoms with Crippen LogP contribution in [0.4, 0.5) is 0 Å². The lowest BCUT2D eigenvalue weighted by Gasteiger charge is -2.22. The molecule has 0 N–H and O–H groups in total. The summed E-state index contributed by atoms with van der Waals surface area (Å²) in [5.74, 6) is 0.877. The highest BCUT2D eigenvalue weighted by molar-refractivity contribution is 5.72. The Kier molecular flexibility index (Phi) is 39.1. The maximum Gasteiger partial charge on any atom is 0.308 e. The molecule has 5 nitrogen and oxygen atoms in total. The predicted octanol–water partition coefficient (Wildman–Crippen LogP) is 16.2. The minimum absolute atomic E-state index is 0.0165. The van der Waals surface area contributed by atoms with Crippen LogP contribution in [0, 0.1) is 11.8 Å². The second-order valence-electron chi connectivity index (χ2n) is 17.9. The number of hydrogen-bond donors (Lipinski definition) is 0. The van der Waals surface area contributed by atoms with Gasteiger partial charge in [0, 0.05) is 13.0 Å². The molecule has 0 aromatic heterocycles. The summed E-state index contributed by atoms with van der Waals surface area (Å²) >= 11 is 0. The third-order valence-electron chi connectivity index (χ3n) is 12.3. The van der Waals surface area contributed by atoms with Gasteiger partial charge in [0.25, 0.3) is 0 Å². The summed E-state index contributed by atoms with van der Waals surface area (Å²) in [6.07, 6.45) is 40.8. The molecule has 0 bridgehead atoms. The first-order chi connectivity index (χ1) is 28.5. The van der Waals surface area contributed by atoms with Crippen molar-refractivity contribution in [1.82, 2.24) is 4.90 Å². The summed E-state index contributed by atoms with van der Waals surface area (Å²) in [5.41, 5.74) is 1.39. The van der Waals surface area contributed by atoms with E-state index in [1.807, 2.05) is 0 Å². The molecule has 1 rings (SSSR count). The van der Waals surface area contributed by atoms with Crippen LogP contribution >= 0.6 is 0 Å². The van der Waals surface area contributed by atoms with E-state index < -0.39 is 0 Å². The first-order valence-electron chi connectivity index (χ1n) is 25.6. The second-order valence-corrected chi connectivity index (χ2v) is 17.9. The summed E-state index contributed by atoms with van der Waals surface area (Å²) in [7, 11) is 0. The van der Waals surface area contributed by atoms with Crippen LogP contribution in [0.3, 0.4) is 0 Å².